The number of methoxy groups -OCH3 is 1. The fourth-order valence-electron chi connectivity index (χ4n) is 3.88. The third-order valence-corrected chi connectivity index (χ3v) is 5.67. The summed E-state index contributed by atoms with van der Waals surface area (Å²) in [5, 5.41) is 12.7. The van der Waals surface area contributed by atoms with E-state index in [1.807, 2.05) is 31.2 Å². The molecule has 1 fully saturated rings. The zero-order chi connectivity index (χ0) is 22.2. The summed E-state index contributed by atoms with van der Waals surface area (Å²) in [5.41, 5.74) is 3.37. The van der Waals surface area contributed by atoms with Gasteiger partial charge in [-0.15, -0.1) is 0 Å². The van der Waals surface area contributed by atoms with Crippen LogP contribution >= 0.6 is 0 Å². The molecule has 162 valence electrons. The Hall–Kier alpha value is -3.94. The third-order valence-electron chi connectivity index (χ3n) is 5.67. The minimum atomic E-state index is -0.342. The summed E-state index contributed by atoms with van der Waals surface area (Å²) in [6.07, 6.45) is 3.75. The molecule has 0 saturated heterocycles. The van der Waals surface area contributed by atoms with Crippen molar-refractivity contribution in [3.05, 3.63) is 76.3 Å². The van der Waals surface area contributed by atoms with Gasteiger partial charge in [0.2, 0.25) is 5.91 Å². The van der Waals surface area contributed by atoms with Gasteiger partial charge in [0.25, 0.3) is 5.56 Å². The van der Waals surface area contributed by atoms with Crippen molar-refractivity contribution in [2.75, 3.05) is 12.4 Å². The van der Waals surface area contributed by atoms with Crippen LogP contribution in [0.2, 0.25) is 0 Å². The first-order valence-electron chi connectivity index (χ1n) is 10.5. The van der Waals surface area contributed by atoms with Crippen LogP contribution in [-0.2, 0) is 11.3 Å². The van der Waals surface area contributed by atoms with Gasteiger partial charge in [-0.05, 0) is 43.5 Å². The van der Waals surface area contributed by atoms with Gasteiger partial charge in [0, 0.05) is 23.1 Å². The number of carbonyl (C=O) groups excluding carboxylic acids is 1. The van der Waals surface area contributed by atoms with Gasteiger partial charge in [-0.2, -0.15) is 10.2 Å². The van der Waals surface area contributed by atoms with Crippen LogP contribution in [0.5, 0.6) is 5.75 Å². The summed E-state index contributed by atoms with van der Waals surface area (Å²) in [7, 11) is 1.57. The molecular formula is C24H23N5O3. The molecular weight excluding hydrogens is 406 g/mol. The summed E-state index contributed by atoms with van der Waals surface area (Å²) in [4.78, 5) is 26.2. The van der Waals surface area contributed by atoms with E-state index < -0.39 is 0 Å². The van der Waals surface area contributed by atoms with E-state index in [9.17, 15) is 9.59 Å². The molecule has 8 heteroatoms. The standard InChI is InChI=1S/C24H23N5O3/c1-15-6-3-4-9-20(15)29-23-19(13-25-29)22(16-10-11-16)27-28(24(23)31)14-21(30)26-17-7-5-8-18(12-17)32-2/h3-9,12-13,16H,10-11,14H2,1-2H3,(H,26,30). The molecule has 1 amide bonds. The van der Waals surface area contributed by atoms with Crippen molar-refractivity contribution in [1.29, 1.82) is 0 Å². The smallest absolute Gasteiger partial charge is 0.293 e. The number of carbonyl (C=O) groups is 1. The maximum Gasteiger partial charge on any atom is 0.293 e. The fourth-order valence-corrected chi connectivity index (χ4v) is 3.88. The number of amides is 1. The molecule has 0 unspecified atom stereocenters. The fraction of sp³-hybridized carbons (Fsp3) is 0.250. The van der Waals surface area contributed by atoms with Gasteiger partial charge in [0.1, 0.15) is 17.8 Å². The highest BCUT2D eigenvalue weighted by atomic mass is 16.5. The van der Waals surface area contributed by atoms with Gasteiger partial charge < -0.3 is 10.1 Å². The van der Waals surface area contributed by atoms with E-state index in [0.29, 0.717) is 22.9 Å². The van der Waals surface area contributed by atoms with Crippen LogP contribution in [0.15, 0.2) is 59.5 Å². The highest BCUT2D eigenvalue weighted by molar-refractivity contribution is 5.91. The molecule has 1 saturated carbocycles. The number of fused-ring (bicyclic) bond motifs is 1. The first-order chi connectivity index (χ1) is 15.5. The first kappa shape index (κ1) is 20.0. The summed E-state index contributed by atoms with van der Waals surface area (Å²) in [6, 6.07) is 14.8. The highest BCUT2D eigenvalue weighted by Crippen LogP contribution is 2.41. The van der Waals surface area contributed by atoms with Crippen molar-refractivity contribution in [1.82, 2.24) is 19.6 Å². The largest absolute Gasteiger partial charge is 0.497 e. The van der Waals surface area contributed by atoms with E-state index in [1.54, 1.807) is 42.3 Å². The van der Waals surface area contributed by atoms with E-state index in [0.717, 1.165) is 35.2 Å². The molecule has 0 spiro atoms. The highest BCUT2D eigenvalue weighted by Gasteiger charge is 2.30. The molecule has 0 bridgehead atoms. The SMILES string of the molecule is COc1cccc(NC(=O)Cn2nc(C3CC3)c3cnn(-c4ccccc4C)c3c2=O)c1. The average molecular weight is 429 g/mol. The number of rotatable bonds is 6. The summed E-state index contributed by atoms with van der Waals surface area (Å²) >= 11 is 0. The Morgan fingerprint density at radius 3 is 2.75 bits per heavy atom. The van der Waals surface area contributed by atoms with Crippen LogP contribution in [0.25, 0.3) is 16.6 Å². The number of nitrogens with one attached hydrogen (secondary N) is 1. The molecule has 2 aromatic carbocycles. The third kappa shape index (κ3) is 3.64. The minimum Gasteiger partial charge on any atom is -0.497 e. The van der Waals surface area contributed by atoms with Crippen LogP contribution < -0.4 is 15.6 Å². The van der Waals surface area contributed by atoms with E-state index >= 15 is 0 Å². The van der Waals surface area contributed by atoms with E-state index in [2.05, 4.69) is 15.5 Å². The topological polar surface area (TPSA) is 91.0 Å². The van der Waals surface area contributed by atoms with Gasteiger partial charge in [0.15, 0.2) is 0 Å². The average Bonchev–Trinajstić information content (AvgIpc) is 3.54. The normalized spacial score (nSPS) is 13.3. The molecule has 4 aromatic rings. The zero-order valence-corrected chi connectivity index (χ0v) is 17.9. The molecule has 2 heterocycles. The van der Waals surface area contributed by atoms with Crippen LogP contribution in [0.4, 0.5) is 5.69 Å². The molecule has 32 heavy (non-hydrogen) atoms. The quantitative estimate of drug-likeness (QED) is 0.507. The molecule has 0 aliphatic heterocycles. The molecule has 5 rings (SSSR count). The molecule has 0 radical (unpaired) electrons. The predicted octanol–water partition coefficient (Wildman–Crippen LogP) is 3.42. The second-order valence-electron chi connectivity index (χ2n) is 8.01. The Bertz CT molecular complexity index is 1380. The number of nitrogens with zero attached hydrogens (tertiary/aromatic N) is 4. The monoisotopic (exact) mass is 429 g/mol. The van der Waals surface area contributed by atoms with E-state index in [1.165, 1.54) is 4.68 Å². The lowest BCUT2D eigenvalue weighted by Gasteiger charge is -2.11. The number of hydrogen-bond donors (Lipinski definition) is 1. The first-order valence-corrected chi connectivity index (χ1v) is 10.5. The molecule has 2 aromatic heterocycles. The van der Waals surface area contributed by atoms with Crippen molar-refractivity contribution in [2.24, 2.45) is 0 Å². The lowest BCUT2D eigenvalue weighted by Crippen LogP contribution is -2.31. The minimum absolute atomic E-state index is 0.190. The van der Waals surface area contributed by atoms with Crippen molar-refractivity contribution in [2.45, 2.75) is 32.2 Å². The van der Waals surface area contributed by atoms with E-state index in [-0.39, 0.29) is 18.0 Å². The van der Waals surface area contributed by atoms with Crippen molar-refractivity contribution >= 4 is 22.5 Å². The number of ether oxygens (including phenoxy) is 1. The molecule has 8 nitrogen and oxygen atoms in total. The molecule has 1 N–H and O–H groups in total. The van der Waals surface area contributed by atoms with Crippen LogP contribution in [0.1, 0.15) is 30.0 Å². The number of benzene rings is 2. The number of anilines is 1. The lowest BCUT2D eigenvalue weighted by molar-refractivity contribution is -0.117. The van der Waals surface area contributed by atoms with Gasteiger partial charge in [0.05, 0.1) is 24.7 Å². The lowest BCUT2D eigenvalue weighted by atomic mass is 10.2. The van der Waals surface area contributed by atoms with Crippen LogP contribution in [-0.4, -0.2) is 32.6 Å². The second-order valence-corrected chi connectivity index (χ2v) is 8.01. The summed E-state index contributed by atoms with van der Waals surface area (Å²) < 4.78 is 8.11. The maximum atomic E-state index is 13.4. The number of aryl methyl sites for hydroxylation is 1. The zero-order valence-electron chi connectivity index (χ0n) is 17.9. The second kappa shape index (κ2) is 7.96. The number of para-hydroxylation sites is 1. The van der Waals surface area contributed by atoms with Crippen molar-refractivity contribution < 1.29 is 9.53 Å². The van der Waals surface area contributed by atoms with Crippen molar-refractivity contribution in [3.8, 4) is 11.4 Å². The Morgan fingerprint density at radius 1 is 1.19 bits per heavy atom. The summed E-state index contributed by atoms with van der Waals surface area (Å²) in [5.74, 6) is 0.592. The molecule has 0 atom stereocenters. The van der Waals surface area contributed by atoms with Gasteiger partial charge >= 0.3 is 0 Å². The summed E-state index contributed by atoms with van der Waals surface area (Å²) in [6.45, 7) is 1.79. The Balaban J connectivity index is 1.55. The van der Waals surface area contributed by atoms with E-state index in [4.69, 9.17) is 4.74 Å². The van der Waals surface area contributed by atoms with Crippen LogP contribution in [0, 0.1) is 6.92 Å². The van der Waals surface area contributed by atoms with Gasteiger partial charge in [-0.3, -0.25) is 9.59 Å². The maximum absolute atomic E-state index is 13.4. The number of hydrogen-bond acceptors (Lipinski definition) is 5. The predicted molar refractivity (Wildman–Crippen MR) is 121 cm³/mol. The number of aromatic nitrogens is 4. The molecule has 1 aliphatic carbocycles. The van der Waals surface area contributed by atoms with Crippen LogP contribution in [0.3, 0.4) is 0 Å². The Kier molecular flexibility index (Phi) is 4.97. The van der Waals surface area contributed by atoms with Gasteiger partial charge in [-0.1, -0.05) is 24.3 Å². The molecule has 1 aliphatic rings. The van der Waals surface area contributed by atoms with Crippen molar-refractivity contribution in [3.63, 3.8) is 0 Å². The Morgan fingerprint density at radius 2 is 2.00 bits per heavy atom. The van der Waals surface area contributed by atoms with Gasteiger partial charge in [-0.25, -0.2) is 9.36 Å². The Labute approximate surface area is 184 Å².